The van der Waals surface area contributed by atoms with Gasteiger partial charge in [0.1, 0.15) is 28.2 Å². The Kier molecular flexibility index (Phi) is 49.9. The maximum Gasteiger partial charge on any atom is 0.257 e. The van der Waals surface area contributed by atoms with Gasteiger partial charge in [0.15, 0.2) is 46.3 Å². The summed E-state index contributed by atoms with van der Waals surface area (Å²) in [6, 6.07) is 19.3. The van der Waals surface area contributed by atoms with Gasteiger partial charge in [-0.1, -0.05) is 12.1 Å². The van der Waals surface area contributed by atoms with E-state index in [1.165, 1.54) is 24.3 Å². The molecule has 0 spiro atoms. The van der Waals surface area contributed by atoms with E-state index in [1.54, 1.807) is 36.4 Å². The molecular weight excluding hydrogens is 1790 g/mol. The van der Waals surface area contributed by atoms with Gasteiger partial charge in [-0.3, -0.25) is 100 Å². The van der Waals surface area contributed by atoms with Crippen LogP contribution in [-0.2, 0) is 71.6 Å². The molecule has 0 atom stereocenters. The van der Waals surface area contributed by atoms with Crippen molar-refractivity contribution in [2.75, 3.05) is 183 Å². The third-order valence-electron chi connectivity index (χ3n) is 18.5. The number of nitrogens with one attached hydrogen (secondary N) is 25. The molecule has 3 aromatic rings. The molecule has 52 nitrogen and oxygen atoms in total. The van der Waals surface area contributed by atoms with Crippen molar-refractivity contribution in [3.63, 3.8) is 0 Å². The second-order valence-electron chi connectivity index (χ2n) is 29.8. The van der Waals surface area contributed by atoms with Crippen LogP contribution in [0.5, 0.6) is 5.75 Å². The predicted molar refractivity (Wildman–Crippen MR) is 500 cm³/mol. The molecule has 0 saturated carbocycles. The summed E-state index contributed by atoms with van der Waals surface area (Å²) in [7, 11) is 0. The van der Waals surface area contributed by atoms with Gasteiger partial charge in [-0.2, -0.15) is 0 Å². The van der Waals surface area contributed by atoms with Crippen molar-refractivity contribution in [1.82, 2.24) is 95.7 Å². The molecule has 0 aromatic heterocycles. The SMILES string of the molecule is N=C(N)NCCNC(=O)CCOCC(COCCC(=O)NCCNC(=N)N)(COCCC(=O)NCCNC(=N)N)NC(=O)CCNC(=O)c1cc(C(=O)NCCC(=O)NC(COCCC(=O)NCCNC(=N)N)(COCCC(=O)NCCNC(=N)N)COCCC(=O)NCCNC(=N)N)cc(C(=O)NC(=O)CCNC(=S)Nc2ccc(-c3c4ccc(=O)cc-4oc4cc(O)ccc34)cc2)c1. The topological polar surface area (TPSA) is 838 Å². The number of hydrogen-bond acceptors (Lipinski definition) is 28. The van der Waals surface area contributed by atoms with Crippen molar-refractivity contribution in [3.8, 4) is 28.2 Å². The number of rotatable bonds is 64. The minimum absolute atomic E-state index is 0.0436. The van der Waals surface area contributed by atoms with E-state index in [-0.39, 0.29) is 233 Å². The van der Waals surface area contributed by atoms with Crippen LogP contribution in [0.25, 0.3) is 33.4 Å². The molecule has 3 aromatic carbocycles. The standard InChI is InChI=1S/C82H123N31O21S/c83-74(84)103-27-21-95-61(116)12-33-128-44-81(45-129-34-13-62(117)96-22-28-104-75(85)86,46-130-35-14-63(118)97-23-29-105-76(87)88)112-68(123)10-18-101-71(125)51-39-52(41-53(40-51)73(127)111-67(122)9-20-109-80(135)110-54-3-1-50(2-4-54)70-57-7-5-55(114)42-59(57)134-60-43-56(115)6-8-58(60)70)72(126)102-19-11-69(124)113-82(47-131-36-15-64(119)98-24-30-106-77(89)90,48-132-37-16-65(120)99-25-31-107-78(91)92)49-133-38-17-66(121)100-26-32-108-79(93)94/h1-8,39-43,114H,9-38,44-49H2,(H,95,116)(H,96,117)(H,97,118)(H,98,119)(H,99,120)(H,100,121)(H,101,125)(H,102,126)(H,112,123)(H,113,124)(H4,83,84,103)(H4,85,86,104)(H4,87,88,105)(H4,89,90,106)(H4,91,92,107)(H4,93,94,108)(H2,109,110,135)(H,111,122,127). The van der Waals surface area contributed by atoms with Crippen LogP contribution in [0.2, 0.25) is 0 Å². The highest BCUT2D eigenvalue weighted by molar-refractivity contribution is 7.80. The number of amides is 12. The molecule has 12 amide bonds. The van der Waals surface area contributed by atoms with Crippen LogP contribution < -0.4 is 141 Å². The fourth-order valence-corrected chi connectivity index (χ4v) is 12.3. The van der Waals surface area contributed by atoms with E-state index in [0.29, 0.717) is 28.0 Å². The molecule has 0 fully saturated rings. The summed E-state index contributed by atoms with van der Waals surface area (Å²) in [5.41, 5.74) is 30.2. The molecule has 1 aliphatic heterocycles. The average molecular weight is 1910 g/mol. The fraction of sp³-hybridized carbons (Fsp3) is 0.463. The zero-order valence-corrected chi connectivity index (χ0v) is 75.3. The molecular formula is C82H123N31O21S. The van der Waals surface area contributed by atoms with E-state index in [1.807, 2.05) is 0 Å². The number of hydrogen-bond donors (Lipinski definition) is 32. The zero-order chi connectivity index (χ0) is 98.9. The van der Waals surface area contributed by atoms with Gasteiger partial charge in [-0.05, 0) is 72.4 Å². The number of carbonyl (C=O) groups excluding carboxylic acids is 12. The van der Waals surface area contributed by atoms with E-state index in [2.05, 4.69) is 101 Å². The predicted octanol–water partition coefficient (Wildman–Crippen LogP) is -7.11. The summed E-state index contributed by atoms with van der Waals surface area (Å²) in [6.07, 6.45) is -2.66. The summed E-state index contributed by atoms with van der Waals surface area (Å²) in [6.45, 7) is -3.73. The van der Waals surface area contributed by atoms with Crippen molar-refractivity contribution in [2.24, 2.45) is 34.4 Å². The first-order valence-electron chi connectivity index (χ1n) is 42.6. The fourth-order valence-electron chi connectivity index (χ4n) is 12.1. The van der Waals surface area contributed by atoms with Gasteiger partial charge in [0.25, 0.3) is 17.7 Å². The van der Waals surface area contributed by atoms with Crippen LogP contribution in [0.1, 0.15) is 88.9 Å². The molecule has 1 heterocycles. The molecule has 0 bridgehead atoms. The molecule has 1 aliphatic carbocycles. The number of guanidine groups is 6. The number of anilines is 1. The van der Waals surface area contributed by atoms with Crippen molar-refractivity contribution in [1.29, 1.82) is 32.5 Å². The molecule has 38 N–H and O–H groups in total. The largest absolute Gasteiger partial charge is 0.508 e. The Labute approximate surface area is 780 Å². The highest BCUT2D eigenvalue weighted by Crippen LogP contribution is 2.41. The Morgan fingerprint density at radius 3 is 0.985 bits per heavy atom. The van der Waals surface area contributed by atoms with E-state index in [4.69, 9.17) is 112 Å². The van der Waals surface area contributed by atoms with Gasteiger partial charge in [0.2, 0.25) is 53.2 Å². The lowest BCUT2D eigenvalue weighted by molar-refractivity contribution is -0.130. The Morgan fingerprint density at radius 2 is 0.652 bits per heavy atom. The molecule has 53 heteroatoms. The quantitative estimate of drug-likeness (QED) is 0.00565. The lowest BCUT2D eigenvalue weighted by Crippen LogP contribution is -2.59. The summed E-state index contributed by atoms with van der Waals surface area (Å²) < 4.78 is 41.9. The van der Waals surface area contributed by atoms with Gasteiger partial charge in [0.05, 0.1) is 79.3 Å². The van der Waals surface area contributed by atoms with Crippen molar-refractivity contribution in [2.45, 2.75) is 68.9 Å². The molecule has 0 unspecified atom stereocenters. The third kappa shape index (κ3) is 46.6. The number of nitrogens with two attached hydrogens (primary N) is 6. The van der Waals surface area contributed by atoms with Gasteiger partial charge < -0.3 is 168 Å². The molecule has 0 saturated heterocycles. The number of thiocarbonyl (C=S) groups is 1. The van der Waals surface area contributed by atoms with Crippen molar-refractivity contribution >= 4 is 141 Å². The smallest absolute Gasteiger partial charge is 0.257 e. The maximum atomic E-state index is 14.5. The van der Waals surface area contributed by atoms with Crippen LogP contribution in [0, 0.1) is 32.5 Å². The first-order valence-corrected chi connectivity index (χ1v) is 43.0. The summed E-state index contributed by atoms with van der Waals surface area (Å²) >= 11 is 5.56. The number of phenols is 1. The first kappa shape index (κ1) is 111. The normalized spacial score (nSPS) is 11.6. The monoisotopic (exact) mass is 1910 g/mol. The number of benzene rings is 4. The summed E-state index contributed by atoms with van der Waals surface area (Å²) in [5.74, 6) is -9.89. The van der Waals surface area contributed by atoms with Crippen LogP contribution in [-0.4, -0.2) is 305 Å². The van der Waals surface area contributed by atoms with Gasteiger partial charge >= 0.3 is 0 Å². The average Bonchev–Trinajstić information content (AvgIpc) is 0.753. The van der Waals surface area contributed by atoms with Crippen LogP contribution in [0.4, 0.5) is 5.69 Å². The van der Waals surface area contributed by atoms with Crippen LogP contribution in [0.3, 0.4) is 0 Å². The van der Waals surface area contributed by atoms with E-state index < -0.39 is 153 Å². The van der Waals surface area contributed by atoms with E-state index in [9.17, 15) is 67.4 Å². The van der Waals surface area contributed by atoms with Crippen molar-refractivity contribution in [3.05, 3.63) is 106 Å². The Balaban J connectivity index is 1.42. The molecule has 2 aliphatic rings. The van der Waals surface area contributed by atoms with Crippen molar-refractivity contribution < 1.29 is 95.5 Å². The first-order chi connectivity index (χ1) is 64.5. The molecule has 0 radical (unpaired) electrons. The summed E-state index contributed by atoms with van der Waals surface area (Å²) in [5, 5.41) is 105. The molecule has 135 heavy (non-hydrogen) atoms. The molecule has 5 rings (SSSR count). The van der Waals surface area contributed by atoms with Crippen LogP contribution in [0.15, 0.2) is 88.1 Å². The van der Waals surface area contributed by atoms with Gasteiger partial charge in [-0.25, -0.2) is 0 Å². The van der Waals surface area contributed by atoms with E-state index >= 15 is 0 Å². The minimum Gasteiger partial charge on any atom is -0.508 e. The Hall–Kier alpha value is -14.9. The van der Waals surface area contributed by atoms with Crippen LogP contribution >= 0.6 is 12.2 Å². The Morgan fingerprint density at radius 1 is 0.341 bits per heavy atom. The zero-order valence-electron chi connectivity index (χ0n) is 74.4. The number of imide groups is 1. The van der Waals surface area contributed by atoms with Gasteiger partial charge in [-0.15, -0.1) is 0 Å². The summed E-state index contributed by atoms with van der Waals surface area (Å²) in [4.78, 5) is 175. The minimum atomic E-state index is -1.68. The lowest BCUT2D eigenvalue weighted by Gasteiger charge is -2.34. The third-order valence-corrected chi connectivity index (χ3v) is 18.7. The second-order valence-corrected chi connectivity index (χ2v) is 30.2. The highest BCUT2D eigenvalue weighted by atomic mass is 32.1. The number of aromatic hydroxyl groups is 1. The maximum absolute atomic E-state index is 14.5. The molecule has 738 valence electrons. The Bertz CT molecular complexity index is 4520. The van der Waals surface area contributed by atoms with Gasteiger partial charge in [0, 0.05) is 207 Å². The number of ether oxygens (including phenoxy) is 6. The lowest BCUT2D eigenvalue weighted by atomic mass is 9.93. The number of phenolic OH excluding ortho intramolecular Hbond substituents is 1. The number of carbonyl (C=O) groups is 12. The van der Waals surface area contributed by atoms with E-state index in [0.717, 1.165) is 29.3 Å². The number of fused-ring (bicyclic) bond motifs is 2. The highest BCUT2D eigenvalue weighted by Gasteiger charge is 2.36. The second kappa shape index (κ2) is 60.9.